The van der Waals surface area contributed by atoms with Gasteiger partial charge in [-0.2, -0.15) is 0 Å². The maximum absolute atomic E-state index is 5.05. The summed E-state index contributed by atoms with van der Waals surface area (Å²) in [6.07, 6.45) is 1.62. The molecule has 0 amide bonds. The van der Waals surface area contributed by atoms with E-state index in [0.717, 1.165) is 54.9 Å². The molecule has 0 radical (unpaired) electrons. The molecule has 0 aliphatic carbocycles. The number of pyridine rings is 1. The molecule has 5 aromatic carbocycles. The number of nitrogens with zero attached hydrogens (tertiary/aromatic N) is 6. The SMILES string of the molecule is c1ccc(-c2nc(-c3ccccc3)nc(-c3ccc(-c4ccc5ncnc(-c6ccc7c(n6)sc6ccccc67)c5c4)cc3)n2)cc1. The Balaban J connectivity index is 1.10. The molecular weight excluding hydrogens is 597 g/mol. The summed E-state index contributed by atoms with van der Waals surface area (Å²) in [4.78, 5) is 29.9. The molecule has 0 unspecified atom stereocenters. The molecule has 0 bridgehead atoms. The van der Waals surface area contributed by atoms with Crippen molar-refractivity contribution in [1.29, 1.82) is 0 Å². The largest absolute Gasteiger partial charge is 0.236 e. The fourth-order valence-corrected chi connectivity index (χ4v) is 7.00. The topological polar surface area (TPSA) is 77.3 Å². The fraction of sp³-hybridized carbons (Fsp3) is 0. The number of benzene rings is 5. The average molecular weight is 621 g/mol. The normalized spacial score (nSPS) is 11.4. The molecule has 7 heteroatoms. The van der Waals surface area contributed by atoms with Crippen LogP contribution in [0.2, 0.25) is 0 Å². The molecule has 0 spiro atoms. The number of thiophene rings is 1. The molecule has 0 aliphatic heterocycles. The van der Waals surface area contributed by atoms with Crippen molar-refractivity contribution < 1.29 is 0 Å². The summed E-state index contributed by atoms with van der Waals surface area (Å²) in [5.41, 5.74) is 7.46. The number of rotatable bonds is 5. The molecule has 9 aromatic rings. The summed E-state index contributed by atoms with van der Waals surface area (Å²) < 4.78 is 1.23. The Morgan fingerprint density at radius 3 is 1.70 bits per heavy atom. The van der Waals surface area contributed by atoms with Gasteiger partial charge in [-0.1, -0.05) is 109 Å². The Hall–Kier alpha value is -6.18. The van der Waals surface area contributed by atoms with Crippen LogP contribution < -0.4 is 0 Å². The quantitative estimate of drug-likeness (QED) is 0.191. The fourth-order valence-electron chi connectivity index (χ4n) is 5.93. The van der Waals surface area contributed by atoms with E-state index in [-0.39, 0.29) is 0 Å². The predicted molar refractivity (Wildman–Crippen MR) is 191 cm³/mol. The maximum atomic E-state index is 5.05. The van der Waals surface area contributed by atoms with Gasteiger partial charge in [-0.25, -0.2) is 29.9 Å². The highest BCUT2D eigenvalue weighted by Gasteiger charge is 2.15. The summed E-state index contributed by atoms with van der Waals surface area (Å²) in [6.45, 7) is 0. The molecule has 9 rings (SSSR count). The highest BCUT2D eigenvalue weighted by Crippen LogP contribution is 2.36. The second-order valence-electron chi connectivity index (χ2n) is 11.2. The molecule has 47 heavy (non-hydrogen) atoms. The number of hydrogen-bond acceptors (Lipinski definition) is 7. The minimum Gasteiger partial charge on any atom is -0.236 e. The van der Waals surface area contributed by atoms with Crippen molar-refractivity contribution >= 4 is 42.5 Å². The van der Waals surface area contributed by atoms with E-state index in [0.29, 0.717) is 17.5 Å². The zero-order valence-electron chi connectivity index (χ0n) is 24.9. The highest BCUT2D eigenvalue weighted by atomic mass is 32.1. The smallest absolute Gasteiger partial charge is 0.164 e. The van der Waals surface area contributed by atoms with Crippen molar-refractivity contribution in [1.82, 2.24) is 29.9 Å². The molecule has 0 N–H and O–H groups in total. The Labute approximate surface area is 274 Å². The van der Waals surface area contributed by atoms with E-state index in [4.69, 9.17) is 24.9 Å². The van der Waals surface area contributed by atoms with Crippen molar-refractivity contribution in [3.05, 3.63) is 146 Å². The van der Waals surface area contributed by atoms with E-state index in [1.54, 1.807) is 17.7 Å². The van der Waals surface area contributed by atoms with E-state index in [1.807, 2.05) is 66.7 Å². The Morgan fingerprint density at radius 2 is 1.00 bits per heavy atom. The second kappa shape index (κ2) is 11.3. The third kappa shape index (κ3) is 4.99. The Morgan fingerprint density at radius 1 is 0.404 bits per heavy atom. The van der Waals surface area contributed by atoms with Crippen LogP contribution in [0, 0.1) is 0 Å². The minimum atomic E-state index is 0.626. The first-order valence-corrected chi connectivity index (χ1v) is 16.1. The molecule has 0 aliphatic rings. The summed E-state index contributed by atoms with van der Waals surface area (Å²) in [5, 5.41) is 3.35. The van der Waals surface area contributed by atoms with Crippen molar-refractivity contribution in [2.45, 2.75) is 0 Å². The van der Waals surface area contributed by atoms with Gasteiger partial charge in [0.25, 0.3) is 0 Å². The van der Waals surface area contributed by atoms with Gasteiger partial charge < -0.3 is 0 Å². The number of hydrogen-bond donors (Lipinski definition) is 0. The van der Waals surface area contributed by atoms with Crippen molar-refractivity contribution in [3.63, 3.8) is 0 Å². The standard InChI is InChI=1S/C40H24N6S/c1-3-9-26(10-4-1)37-44-38(27-11-5-2-6-12-27)46-39(45-37)28-17-15-25(16-18-28)29-19-21-33-32(23-29)36(42-24-41-33)34-22-20-31-30-13-7-8-14-35(30)47-40(31)43-34/h1-24H. The van der Waals surface area contributed by atoms with Gasteiger partial charge in [0, 0.05) is 37.5 Å². The number of fused-ring (bicyclic) bond motifs is 4. The Bertz CT molecular complexity index is 2510. The molecule has 0 atom stereocenters. The van der Waals surface area contributed by atoms with Crippen molar-refractivity contribution in [3.8, 4) is 56.7 Å². The van der Waals surface area contributed by atoms with E-state index in [2.05, 4.69) is 77.8 Å². The first kappa shape index (κ1) is 27.2. The van der Waals surface area contributed by atoms with Crippen LogP contribution in [0.3, 0.4) is 0 Å². The minimum absolute atomic E-state index is 0.626. The van der Waals surface area contributed by atoms with Gasteiger partial charge in [0.1, 0.15) is 11.2 Å². The predicted octanol–water partition coefficient (Wildman–Crippen LogP) is 9.91. The van der Waals surface area contributed by atoms with Gasteiger partial charge >= 0.3 is 0 Å². The van der Waals surface area contributed by atoms with Gasteiger partial charge in [-0.15, -0.1) is 11.3 Å². The lowest BCUT2D eigenvalue weighted by atomic mass is 10.0. The van der Waals surface area contributed by atoms with E-state index in [9.17, 15) is 0 Å². The lowest BCUT2D eigenvalue weighted by Gasteiger charge is -2.10. The van der Waals surface area contributed by atoms with Gasteiger partial charge in [0.2, 0.25) is 0 Å². The van der Waals surface area contributed by atoms with Gasteiger partial charge in [0.15, 0.2) is 17.5 Å². The summed E-state index contributed by atoms with van der Waals surface area (Å²) in [6, 6.07) is 47.3. The summed E-state index contributed by atoms with van der Waals surface area (Å²) in [7, 11) is 0. The van der Waals surface area contributed by atoms with Crippen LogP contribution in [0.25, 0.3) is 87.9 Å². The van der Waals surface area contributed by atoms with Crippen LogP contribution in [-0.4, -0.2) is 29.9 Å². The molecule has 220 valence electrons. The van der Waals surface area contributed by atoms with Crippen LogP contribution in [0.15, 0.2) is 146 Å². The summed E-state index contributed by atoms with van der Waals surface area (Å²) in [5.74, 6) is 1.91. The zero-order valence-corrected chi connectivity index (χ0v) is 25.8. The average Bonchev–Trinajstić information content (AvgIpc) is 3.53. The monoisotopic (exact) mass is 620 g/mol. The maximum Gasteiger partial charge on any atom is 0.164 e. The first-order valence-electron chi connectivity index (χ1n) is 15.3. The van der Waals surface area contributed by atoms with Gasteiger partial charge in [0.05, 0.1) is 16.9 Å². The van der Waals surface area contributed by atoms with Crippen molar-refractivity contribution in [2.75, 3.05) is 0 Å². The third-order valence-electron chi connectivity index (χ3n) is 8.30. The lowest BCUT2D eigenvalue weighted by Crippen LogP contribution is -2.00. The first-order chi connectivity index (χ1) is 23.3. The van der Waals surface area contributed by atoms with Crippen LogP contribution in [-0.2, 0) is 0 Å². The van der Waals surface area contributed by atoms with Crippen molar-refractivity contribution in [2.24, 2.45) is 0 Å². The zero-order chi connectivity index (χ0) is 31.2. The molecule has 4 aromatic heterocycles. The van der Waals surface area contributed by atoms with Crippen LogP contribution in [0.5, 0.6) is 0 Å². The molecule has 6 nitrogen and oxygen atoms in total. The molecular formula is C40H24N6S. The highest BCUT2D eigenvalue weighted by molar-refractivity contribution is 7.25. The molecule has 0 saturated carbocycles. The van der Waals surface area contributed by atoms with Crippen LogP contribution in [0.1, 0.15) is 0 Å². The number of aromatic nitrogens is 6. The van der Waals surface area contributed by atoms with Crippen LogP contribution in [0.4, 0.5) is 0 Å². The third-order valence-corrected chi connectivity index (χ3v) is 9.38. The van der Waals surface area contributed by atoms with Crippen LogP contribution >= 0.6 is 11.3 Å². The summed E-state index contributed by atoms with van der Waals surface area (Å²) >= 11 is 1.71. The van der Waals surface area contributed by atoms with E-state index < -0.39 is 0 Å². The van der Waals surface area contributed by atoms with E-state index in [1.165, 1.54) is 15.5 Å². The van der Waals surface area contributed by atoms with Gasteiger partial charge in [-0.05, 0) is 41.5 Å². The van der Waals surface area contributed by atoms with E-state index >= 15 is 0 Å². The lowest BCUT2D eigenvalue weighted by molar-refractivity contribution is 1.07. The molecule has 0 saturated heterocycles. The Kier molecular flexibility index (Phi) is 6.54. The molecule has 0 fully saturated rings. The van der Waals surface area contributed by atoms with Gasteiger partial charge in [-0.3, -0.25) is 0 Å². The second-order valence-corrected chi connectivity index (χ2v) is 12.2. The molecule has 4 heterocycles.